The number of hydrogen-bond donors (Lipinski definition) is 1. The summed E-state index contributed by atoms with van der Waals surface area (Å²) >= 11 is 0. The lowest BCUT2D eigenvalue weighted by atomic mass is 9.83. The van der Waals surface area contributed by atoms with Gasteiger partial charge in [0, 0.05) is 11.5 Å². The normalized spacial score (nSPS) is 27.1. The van der Waals surface area contributed by atoms with Crippen LogP contribution in [0.3, 0.4) is 0 Å². The van der Waals surface area contributed by atoms with Crippen LogP contribution < -0.4 is 0 Å². The summed E-state index contributed by atoms with van der Waals surface area (Å²) in [5, 5.41) is 10.9. The Balaban J connectivity index is 2.02. The molecule has 0 aliphatic carbocycles. The molecule has 1 saturated heterocycles. The molecule has 3 nitrogen and oxygen atoms in total. The molecule has 0 aromatic heterocycles. The minimum atomic E-state index is -1.43. The highest BCUT2D eigenvalue weighted by atomic mass is 17.2. The van der Waals surface area contributed by atoms with Crippen LogP contribution in [0.5, 0.6) is 0 Å². The van der Waals surface area contributed by atoms with Crippen LogP contribution in [0.2, 0.25) is 0 Å². The molecule has 2 unspecified atom stereocenters. The topological polar surface area (TPSA) is 38.7 Å². The van der Waals surface area contributed by atoms with Crippen LogP contribution >= 0.6 is 0 Å². The molecule has 2 aromatic carbocycles. The van der Waals surface area contributed by atoms with E-state index < -0.39 is 5.79 Å². The molecule has 0 amide bonds. The number of hydrogen-bond acceptors (Lipinski definition) is 3. The maximum atomic E-state index is 10.9. The van der Waals surface area contributed by atoms with E-state index in [2.05, 4.69) is 0 Å². The Morgan fingerprint density at radius 1 is 0.947 bits per heavy atom. The van der Waals surface area contributed by atoms with Crippen LogP contribution in [-0.2, 0) is 15.6 Å². The van der Waals surface area contributed by atoms with Gasteiger partial charge in [-0.25, -0.2) is 4.89 Å². The predicted molar refractivity (Wildman–Crippen MR) is 71.2 cm³/mol. The largest absolute Gasteiger partial charge is 0.359 e. The number of rotatable bonds is 2. The highest BCUT2D eigenvalue weighted by molar-refractivity contribution is 5.29. The lowest BCUT2D eigenvalue weighted by Gasteiger charge is -2.38. The highest BCUT2D eigenvalue weighted by Crippen LogP contribution is 2.43. The molecule has 98 valence electrons. The Bertz CT molecular complexity index is 526. The Morgan fingerprint density at radius 3 is 2.26 bits per heavy atom. The van der Waals surface area contributed by atoms with Crippen molar-refractivity contribution in [2.75, 3.05) is 6.61 Å². The van der Waals surface area contributed by atoms with Crippen LogP contribution in [-0.4, -0.2) is 11.7 Å². The molecule has 1 heterocycles. The fourth-order valence-electron chi connectivity index (χ4n) is 2.56. The molecule has 2 aromatic rings. The summed E-state index contributed by atoms with van der Waals surface area (Å²) in [4.78, 5) is 10.3. The van der Waals surface area contributed by atoms with E-state index in [0.29, 0.717) is 12.2 Å². The maximum absolute atomic E-state index is 10.9. The van der Waals surface area contributed by atoms with Gasteiger partial charge in [0.15, 0.2) is 0 Å². The van der Waals surface area contributed by atoms with E-state index in [1.54, 1.807) is 0 Å². The van der Waals surface area contributed by atoms with Crippen LogP contribution in [0.1, 0.15) is 23.5 Å². The first-order valence-corrected chi connectivity index (χ1v) is 6.44. The molecule has 0 bridgehead atoms. The van der Waals surface area contributed by atoms with Crippen molar-refractivity contribution in [3.05, 3.63) is 71.8 Å². The average Bonchev–Trinajstić information content (AvgIpc) is 2.49. The first-order chi connectivity index (χ1) is 9.31. The van der Waals surface area contributed by atoms with E-state index in [1.807, 2.05) is 60.7 Å². The second-order valence-corrected chi connectivity index (χ2v) is 4.72. The Morgan fingerprint density at radius 2 is 1.58 bits per heavy atom. The van der Waals surface area contributed by atoms with Crippen LogP contribution in [0, 0.1) is 0 Å². The van der Waals surface area contributed by atoms with Gasteiger partial charge < -0.3 is 5.11 Å². The molecule has 2 atom stereocenters. The quantitative estimate of drug-likeness (QED) is 0.839. The number of benzene rings is 2. The monoisotopic (exact) mass is 256 g/mol. The molecule has 1 N–H and O–H groups in total. The van der Waals surface area contributed by atoms with E-state index in [9.17, 15) is 5.11 Å². The van der Waals surface area contributed by atoms with Gasteiger partial charge in [-0.2, -0.15) is 4.89 Å². The highest BCUT2D eigenvalue weighted by Gasteiger charge is 2.44. The van der Waals surface area contributed by atoms with Gasteiger partial charge in [0.05, 0.1) is 6.61 Å². The first-order valence-electron chi connectivity index (χ1n) is 6.44. The van der Waals surface area contributed by atoms with Crippen LogP contribution in [0.15, 0.2) is 60.7 Å². The van der Waals surface area contributed by atoms with E-state index >= 15 is 0 Å². The third-order valence-electron chi connectivity index (χ3n) is 3.54. The van der Waals surface area contributed by atoms with Crippen molar-refractivity contribution in [3.8, 4) is 0 Å². The summed E-state index contributed by atoms with van der Waals surface area (Å²) in [7, 11) is 0. The standard InChI is InChI=1S/C16H16O3/c17-16(14-9-5-2-6-10-14)15(11-12-18-19-16)13-7-3-1-4-8-13/h1-10,15,17H,11-12H2. The molecule has 0 radical (unpaired) electrons. The maximum Gasteiger partial charge on any atom is 0.232 e. The van der Waals surface area contributed by atoms with Gasteiger partial charge in [-0.05, 0) is 12.0 Å². The van der Waals surface area contributed by atoms with Crippen molar-refractivity contribution in [3.63, 3.8) is 0 Å². The van der Waals surface area contributed by atoms with Crippen LogP contribution in [0.25, 0.3) is 0 Å². The lowest BCUT2D eigenvalue weighted by Crippen LogP contribution is -2.40. The fraction of sp³-hybridized carbons (Fsp3) is 0.250. The molecule has 1 aliphatic rings. The molecule has 19 heavy (non-hydrogen) atoms. The smallest absolute Gasteiger partial charge is 0.232 e. The average molecular weight is 256 g/mol. The second kappa shape index (κ2) is 5.13. The summed E-state index contributed by atoms with van der Waals surface area (Å²) < 4.78 is 0. The third-order valence-corrected chi connectivity index (χ3v) is 3.54. The summed E-state index contributed by atoms with van der Waals surface area (Å²) in [6, 6.07) is 19.3. The van der Waals surface area contributed by atoms with Gasteiger partial charge >= 0.3 is 0 Å². The van der Waals surface area contributed by atoms with Gasteiger partial charge in [0.2, 0.25) is 5.79 Å². The second-order valence-electron chi connectivity index (χ2n) is 4.72. The molecule has 1 aliphatic heterocycles. The zero-order valence-electron chi connectivity index (χ0n) is 10.5. The molecule has 1 fully saturated rings. The van der Waals surface area contributed by atoms with Gasteiger partial charge in [0.25, 0.3) is 0 Å². The lowest BCUT2D eigenvalue weighted by molar-refractivity contribution is -0.455. The van der Waals surface area contributed by atoms with Crippen molar-refractivity contribution in [2.24, 2.45) is 0 Å². The van der Waals surface area contributed by atoms with Gasteiger partial charge in [-0.15, -0.1) is 0 Å². The summed E-state index contributed by atoms with van der Waals surface area (Å²) in [6.07, 6.45) is 0.718. The Hall–Kier alpha value is -1.68. The summed E-state index contributed by atoms with van der Waals surface area (Å²) in [5.74, 6) is -1.56. The van der Waals surface area contributed by atoms with E-state index in [4.69, 9.17) is 9.78 Å². The Kier molecular flexibility index (Phi) is 3.34. The van der Waals surface area contributed by atoms with Crippen molar-refractivity contribution in [2.45, 2.75) is 18.1 Å². The van der Waals surface area contributed by atoms with E-state index in [0.717, 1.165) is 12.0 Å². The SMILES string of the molecule is OC1(c2ccccc2)OOCCC1c1ccccc1. The zero-order valence-corrected chi connectivity index (χ0v) is 10.5. The minimum Gasteiger partial charge on any atom is -0.359 e. The number of aliphatic hydroxyl groups is 1. The summed E-state index contributed by atoms with van der Waals surface area (Å²) in [5.41, 5.74) is 1.76. The zero-order chi connectivity index (χ0) is 13.1. The van der Waals surface area contributed by atoms with Gasteiger partial charge in [-0.3, -0.25) is 0 Å². The van der Waals surface area contributed by atoms with Crippen molar-refractivity contribution in [1.29, 1.82) is 0 Å². The molecule has 0 saturated carbocycles. The van der Waals surface area contributed by atoms with Crippen LogP contribution in [0.4, 0.5) is 0 Å². The molecular formula is C16H16O3. The van der Waals surface area contributed by atoms with Gasteiger partial charge in [0.1, 0.15) is 0 Å². The molecule has 0 spiro atoms. The van der Waals surface area contributed by atoms with Crippen molar-refractivity contribution < 1.29 is 14.9 Å². The minimum absolute atomic E-state index is 0.134. The molecular weight excluding hydrogens is 240 g/mol. The summed E-state index contributed by atoms with van der Waals surface area (Å²) in [6.45, 7) is 0.481. The third kappa shape index (κ3) is 2.28. The van der Waals surface area contributed by atoms with E-state index in [-0.39, 0.29) is 5.92 Å². The van der Waals surface area contributed by atoms with Crippen molar-refractivity contribution >= 4 is 0 Å². The first kappa shape index (κ1) is 12.4. The predicted octanol–water partition coefficient (Wildman–Crippen LogP) is 2.97. The molecule has 3 rings (SSSR count). The molecule has 3 heteroatoms. The fourth-order valence-corrected chi connectivity index (χ4v) is 2.56. The van der Waals surface area contributed by atoms with Gasteiger partial charge in [-0.1, -0.05) is 60.7 Å². The Labute approximate surface area is 112 Å². The van der Waals surface area contributed by atoms with Crippen molar-refractivity contribution in [1.82, 2.24) is 0 Å². The van der Waals surface area contributed by atoms with E-state index in [1.165, 1.54) is 0 Å².